The van der Waals surface area contributed by atoms with Gasteiger partial charge in [-0.05, 0) is 12.8 Å². The molecule has 1 aliphatic carbocycles. The summed E-state index contributed by atoms with van der Waals surface area (Å²) < 4.78 is 22.8. The summed E-state index contributed by atoms with van der Waals surface area (Å²) in [5.41, 5.74) is 0. The molecule has 2 fully saturated rings. The van der Waals surface area contributed by atoms with Crippen LogP contribution in [0.15, 0.2) is 0 Å². The molecule has 0 aromatic heterocycles. The number of carbonyl (C=O) groups is 1. The first kappa shape index (κ1) is 15.0. The van der Waals surface area contributed by atoms with Crippen molar-refractivity contribution in [1.29, 1.82) is 0 Å². The molecule has 6 nitrogen and oxygen atoms in total. The van der Waals surface area contributed by atoms with Crippen molar-refractivity contribution in [3.63, 3.8) is 0 Å². The third-order valence-electron chi connectivity index (χ3n) is 3.43. The van der Waals surface area contributed by atoms with Crippen molar-refractivity contribution in [2.24, 2.45) is 0 Å². The molecule has 2 atom stereocenters. The highest BCUT2D eigenvalue weighted by Gasteiger charge is 2.38. The van der Waals surface area contributed by atoms with Crippen LogP contribution in [0.4, 0.5) is 0 Å². The van der Waals surface area contributed by atoms with Crippen LogP contribution in [0, 0.1) is 0 Å². The monoisotopic (exact) mass is 310 g/mol. The second kappa shape index (κ2) is 5.95. The molecule has 0 radical (unpaired) electrons. The number of hydrogen-bond acceptors (Lipinski definition) is 5. The van der Waals surface area contributed by atoms with Gasteiger partial charge in [-0.3, -0.25) is 9.69 Å². The summed E-state index contributed by atoms with van der Waals surface area (Å²) in [5.74, 6) is -0.396. The van der Waals surface area contributed by atoms with Crippen molar-refractivity contribution in [3.8, 4) is 0 Å². The van der Waals surface area contributed by atoms with E-state index in [2.05, 4.69) is 5.32 Å². The molecule has 0 bridgehead atoms. The molecule has 1 heterocycles. The Morgan fingerprint density at radius 2 is 2.05 bits per heavy atom. The van der Waals surface area contributed by atoms with E-state index in [0.29, 0.717) is 12.6 Å². The first-order chi connectivity index (χ1) is 8.91. The van der Waals surface area contributed by atoms with Crippen molar-refractivity contribution >= 4 is 27.3 Å². The zero-order valence-corrected chi connectivity index (χ0v) is 12.2. The fraction of sp³-hybridized carbons (Fsp3) is 0.909. The minimum atomic E-state index is -3.13. The lowest BCUT2D eigenvalue weighted by atomic mass is 10.2. The van der Waals surface area contributed by atoms with Crippen molar-refractivity contribution in [1.82, 2.24) is 10.2 Å². The Hall–Kier alpha value is -0.370. The van der Waals surface area contributed by atoms with Gasteiger partial charge in [0.05, 0.1) is 36.1 Å². The smallest absolute Gasteiger partial charge is 0.234 e. The Labute approximate surface area is 118 Å². The van der Waals surface area contributed by atoms with Crippen molar-refractivity contribution < 1.29 is 18.3 Å². The molecule has 8 heteroatoms. The first-order valence-corrected chi connectivity index (χ1v) is 8.66. The van der Waals surface area contributed by atoms with Gasteiger partial charge in [0, 0.05) is 12.6 Å². The number of sulfone groups is 1. The molecule has 2 aliphatic rings. The first-order valence-electron chi connectivity index (χ1n) is 6.40. The minimum absolute atomic E-state index is 0.0136. The van der Waals surface area contributed by atoms with Crippen LogP contribution in [-0.2, 0) is 14.6 Å². The van der Waals surface area contributed by atoms with Gasteiger partial charge in [-0.15, -0.1) is 11.6 Å². The van der Waals surface area contributed by atoms with E-state index in [9.17, 15) is 13.2 Å². The number of aliphatic hydroxyl groups is 1. The maximum atomic E-state index is 11.9. The van der Waals surface area contributed by atoms with Crippen LogP contribution in [0.3, 0.4) is 0 Å². The van der Waals surface area contributed by atoms with Crippen LogP contribution in [0.1, 0.15) is 12.8 Å². The number of alkyl halides is 1. The molecule has 19 heavy (non-hydrogen) atoms. The van der Waals surface area contributed by atoms with Gasteiger partial charge in [0.1, 0.15) is 0 Å². The summed E-state index contributed by atoms with van der Waals surface area (Å²) in [6.07, 6.45) is 2.09. The Bertz CT molecular complexity index is 438. The molecule has 110 valence electrons. The van der Waals surface area contributed by atoms with Gasteiger partial charge in [0.15, 0.2) is 9.84 Å². The minimum Gasteiger partial charge on any atom is -0.395 e. The average Bonchev–Trinajstić information content (AvgIpc) is 3.06. The Morgan fingerprint density at radius 1 is 1.37 bits per heavy atom. The molecule has 0 aromatic carbocycles. The number of carbonyl (C=O) groups excluding carboxylic acids is 1. The number of nitrogens with zero attached hydrogens (tertiary/aromatic N) is 1. The maximum Gasteiger partial charge on any atom is 0.234 e. The molecule has 1 aliphatic heterocycles. The Kier molecular flexibility index (Phi) is 4.70. The van der Waals surface area contributed by atoms with Gasteiger partial charge in [-0.1, -0.05) is 0 Å². The van der Waals surface area contributed by atoms with E-state index in [-0.39, 0.29) is 30.6 Å². The Morgan fingerprint density at radius 3 is 2.53 bits per heavy atom. The molecule has 2 unspecified atom stereocenters. The highest BCUT2D eigenvalue weighted by molar-refractivity contribution is 7.91. The van der Waals surface area contributed by atoms with Gasteiger partial charge in [0.2, 0.25) is 5.91 Å². The van der Waals surface area contributed by atoms with Gasteiger partial charge < -0.3 is 10.4 Å². The summed E-state index contributed by atoms with van der Waals surface area (Å²) >= 11 is 5.93. The van der Waals surface area contributed by atoms with Gasteiger partial charge >= 0.3 is 0 Å². The molecule has 2 N–H and O–H groups in total. The maximum absolute atomic E-state index is 11.9. The van der Waals surface area contributed by atoms with E-state index in [4.69, 9.17) is 16.7 Å². The molecule has 1 saturated heterocycles. The van der Waals surface area contributed by atoms with E-state index < -0.39 is 21.3 Å². The Balaban J connectivity index is 1.83. The summed E-state index contributed by atoms with van der Waals surface area (Å²) in [6.45, 7) is 0.663. The van der Waals surface area contributed by atoms with E-state index in [1.54, 1.807) is 0 Å². The fourth-order valence-electron chi connectivity index (χ4n) is 2.33. The molecule has 0 spiro atoms. The molecular formula is C11H19ClN2O4S. The lowest BCUT2D eigenvalue weighted by molar-refractivity contribution is -0.123. The zero-order valence-electron chi connectivity index (χ0n) is 10.6. The summed E-state index contributed by atoms with van der Waals surface area (Å²) in [7, 11) is -3.13. The second-order valence-corrected chi connectivity index (χ2v) is 7.91. The van der Waals surface area contributed by atoms with Crippen LogP contribution in [-0.4, -0.2) is 73.0 Å². The van der Waals surface area contributed by atoms with Gasteiger partial charge in [-0.25, -0.2) is 8.42 Å². The number of hydrogen-bond donors (Lipinski definition) is 2. The standard InChI is InChI=1S/C11H19ClN2O4S/c12-9-6-19(17,18)7-10(9)13-11(16)5-14(3-4-15)8-1-2-8/h8-10,15H,1-7H2,(H,13,16). The van der Waals surface area contributed by atoms with E-state index in [1.807, 2.05) is 4.90 Å². The fourth-order valence-corrected chi connectivity index (χ4v) is 4.88. The van der Waals surface area contributed by atoms with E-state index in [1.165, 1.54) is 0 Å². The summed E-state index contributed by atoms with van der Waals surface area (Å²) in [4.78, 5) is 13.8. The van der Waals surface area contributed by atoms with Crippen molar-refractivity contribution in [2.45, 2.75) is 30.3 Å². The number of aliphatic hydroxyl groups excluding tert-OH is 1. The highest BCUT2D eigenvalue weighted by atomic mass is 35.5. The van der Waals surface area contributed by atoms with Gasteiger partial charge in [-0.2, -0.15) is 0 Å². The van der Waals surface area contributed by atoms with Crippen LogP contribution in [0.25, 0.3) is 0 Å². The molecule has 0 aromatic rings. The van der Waals surface area contributed by atoms with E-state index >= 15 is 0 Å². The third-order valence-corrected chi connectivity index (χ3v) is 5.80. The SMILES string of the molecule is O=C(CN(CCO)C1CC1)NC1CS(=O)(=O)CC1Cl. The van der Waals surface area contributed by atoms with Crippen LogP contribution < -0.4 is 5.32 Å². The topological polar surface area (TPSA) is 86.7 Å². The zero-order chi connectivity index (χ0) is 14.0. The molecular weight excluding hydrogens is 292 g/mol. The summed E-state index contributed by atoms with van der Waals surface area (Å²) in [5, 5.41) is 11.1. The van der Waals surface area contributed by atoms with Crippen LogP contribution in [0.5, 0.6) is 0 Å². The normalized spacial score (nSPS) is 29.6. The van der Waals surface area contributed by atoms with Crippen LogP contribution in [0.2, 0.25) is 0 Å². The average molecular weight is 311 g/mol. The second-order valence-electron chi connectivity index (χ2n) is 5.19. The lowest BCUT2D eigenvalue weighted by Gasteiger charge is -2.22. The van der Waals surface area contributed by atoms with Gasteiger partial charge in [0.25, 0.3) is 0 Å². The van der Waals surface area contributed by atoms with Crippen LogP contribution >= 0.6 is 11.6 Å². The molecule has 1 amide bonds. The number of halogens is 1. The number of rotatable bonds is 6. The van der Waals surface area contributed by atoms with E-state index in [0.717, 1.165) is 12.8 Å². The number of nitrogens with one attached hydrogen (secondary N) is 1. The molecule has 1 saturated carbocycles. The predicted molar refractivity (Wildman–Crippen MR) is 71.9 cm³/mol. The largest absolute Gasteiger partial charge is 0.395 e. The van der Waals surface area contributed by atoms with Crippen molar-refractivity contribution in [3.05, 3.63) is 0 Å². The quantitative estimate of drug-likeness (QED) is 0.612. The highest BCUT2D eigenvalue weighted by Crippen LogP contribution is 2.26. The van der Waals surface area contributed by atoms with Crippen molar-refractivity contribution in [2.75, 3.05) is 31.2 Å². The lowest BCUT2D eigenvalue weighted by Crippen LogP contribution is -2.46. The molecule has 2 rings (SSSR count). The summed E-state index contributed by atoms with van der Waals surface area (Å²) in [6, 6.07) is -0.133. The number of amides is 1. The third kappa shape index (κ3) is 4.30. The predicted octanol–water partition coefficient (Wildman–Crippen LogP) is -1.04.